The first-order chi connectivity index (χ1) is 12.2. The molecule has 2 heterocycles. The highest BCUT2D eigenvalue weighted by Crippen LogP contribution is 2.40. The number of rotatable bonds is 4. The van der Waals surface area contributed by atoms with Crippen LogP contribution in [0.2, 0.25) is 0 Å². The summed E-state index contributed by atoms with van der Waals surface area (Å²) in [5.41, 5.74) is 1.08. The van der Waals surface area contributed by atoms with Crippen LogP contribution in [-0.2, 0) is 11.2 Å². The van der Waals surface area contributed by atoms with Crippen LogP contribution >= 0.6 is 0 Å². The molecular formula is C21H30N2O2. The lowest BCUT2D eigenvalue weighted by Gasteiger charge is -2.40. The van der Waals surface area contributed by atoms with Gasteiger partial charge in [0.2, 0.25) is 5.91 Å². The lowest BCUT2D eigenvalue weighted by molar-refractivity contribution is -0.143. The number of aromatic hydroxyl groups is 1. The highest BCUT2D eigenvalue weighted by Gasteiger charge is 2.49. The van der Waals surface area contributed by atoms with Crippen molar-refractivity contribution in [1.29, 1.82) is 0 Å². The summed E-state index contributed by atoms with van der Waals surface area (Å²) in [6.45, 7) is 4.03. The summed E-state index contributed by atoms with van der Waals surface area (Å²) in [5, 5.41) is 9.43. The van der Waals surface area contributed by atoms with Crippen molar-refractivity contribution >= 4 is 5.91 Å². The zero-order valence-corrected chi connectivity index (χ0v) is 15.1. The van der Waals surface area contributed by atoms with E-state index < -0.39 is 0 Å². The first kappa shape index (κ1) is 16.9. The molecule has 4 nitrogen and oxygen atoms in total. The number of phenols is 1. The fourth-order valence-corrected chi connectivity index (χ4v) is 5.21. The fourth-order valence-electron chi connectivity index (χ4n) is 5.21. The largest absolute Gasteiger partial charge is 0.508 e. The number of carbonyl (C=O) groups excluding carboxylic acids is 1. The number of benzene rings is 1. The molecule has 1 amide bonds. The van der Waals surface area contributed by atoms with Crippen molar-refractivity contribution < 1.29 is 9.90 Å². The van der Waals surface area contributed by atoms with Crippen LogP contribution in [0.25, 0.3) is 0 Å². The molecule has 3 aliphatic rings. The normalized spacial score (nSPS) is 26.4. The summed E-state index contributed by atoms with van der Waals surface area (Å²) >= 11 is 0. The molecule has 3 fully saturated rings. The van der Waals surface area contributed by atoms with Gasteiger partial charge in [0.25, 0.3) is 0 Å². The highest BCUT2D eigenvalue weighted by atomic mass is 16.3. The summed E-state index contributed by atoms with van der Waals surface area (Å²) in [6, 6.07) is 7.52. The van der Waals surface area contributed by atoms with Crippen LogP contribution in [0.15, 0.2) is 24.3 Å². The van der Waals surface area contributed by atoms with Gasteiger partial charge in [0.05, 0.1) is 0 Å². The van der Waals surface area contributed by atoms with Crippen molar-refractivity contribution in [3.63, 3.8) is 0 Å². The van der Waals surface area contributed by atoms with Crippen molar-refractivity contribution in [1.82, 2.24) is 9.80 Å². The number of carbonyl (C=O) groups is 1. The maximum absolute atomic E-state index is 13.5. The van der Waals surface area contributed by atoms with E-state index in [1.165, 1.54) is 31.2 Å². The minimum atomic E-state index is -0.177. The van der Waals surface area contributed by atoms with E-state index in [0.717, 1.165) is 51.9 Å². The maximum Gasteiger partial charge on any atom is 0.243 e. The van der Waals surface area contributed by atoms with Gasteiger partial charge in [-0.3, -0.25) is 9.69 Å². The molecule has 1 atom stereocenters. The van der Waals surface area contributed by atoms with Crippen LogP contribution in [0.5, 0.6) is 5.75 Å². The first-order valence-corrected chi connectivity index (χ1v) is 10.00. The van der Waals surface area contributed by atoms with E-state index in [1.54, 1.807) is 12.1 Å². The minimum Gasteiger partial charge on any atom is -0.508 e. The second-order valence-corrected chi connectivity index (χ2v) is 8.21. The molecule has 1 N–H and O–H groups in total. The average molecular weight is 342 g/mol. The molecule has 1 aromatic carbocycles. The molecule has 1 aliphatic carbocycles. The molecule has 0 radical (unpaired) electrons. The van der Waals surface area contributed by atoms with Crippen LogP contribution in [0.3, 0.4) is 0 Å². The van der Waals surface area contributed by atoms with Gasteiger partial charge in [-0.05, 0) is 75.2 Å². The van der Waals surface area contributed by atoms with E-state index in [0.29, 0.717) is 17.6 Å². The van der Waals surface area contributed by atoms with Gasteiger partial charge in [-0.1, -0.05) is 25.0 Å². The third-order valence-corrected chi connectivity index (χ3v) is 6.57. The van der Waals surface area contributed by atoms with Crippen molar-refractivity contribution in [3.8, 4) is 5.75 Å². The Bertz CT molecular complexity index is 601. The zero-order valence-electron chi connectivity index (χ0n) is 15.1. The Hall–Kier alpha value is -1.55. The van der Waals surface area contributed by atoms with Crippen LogP contribution in [-0.4, -0.2) is 52.5 Å². The molecule has 0 bridgehead atoms. The summed E-state index contributed by atoms with van der Waals surface area (Å²) < 4.78 is 0. The van der Waals surface area contributed by atoms with Crippen molar-refractivity contribution in [3.05, 3.63) is 29.8 Å². The van der Waals surface area contributed by atoms with Gasteiger partial charge >= 0.3 is 0 Å². The molecule has 0 spiro atoms. The minimum absolute atomic E-state index is 0.177. The predicted octanol–water partition coefficient (Wildman–Crippen LogP) is 3.19. The second-order valence-electron chi connectivity index (χ2n) is 8.21. The lowest BCUT2D eigenvalue weighted by Crippen LogP contribution is -2.57. The fraction of sp³-hybridized carbons (Fsp3) is 0.667. The molecule has 2 aliphatic heterocycles. The summed E-state index contributed by atoms with van der Waals surface area (Å²) in [7, 11) is 0. The van der Waals surface area contributed by atoms with Crippen molar-refractivity contribution in [2.75, 3.05) is 26.2 Å². The smallest absolute Gasteiger partial charge is 0.243 e. The topological polar surface area (TPSA) is 43.8 Å². The number of amides is 1. The lowest BCUT2D eigenvalue weighted by atomic mass is 9.93. The molecule has 0 aromatic heterocycles. The molecule has 1 aromatic rings. The number of nitrogens with zero attached hydrogens (tertiary/aromatic N) is 2. The highest BCUT2D eigenvalue weighted by molar-refractivity contribution is 5.87. The molecule has 25 heavy (non-hydrogen) atoms. The average Bonchev–Trinajstić information content (AvgIpc) is 3.38. The first-order valence-electron chi connectivity index (χ1n) is 10.00. The summed E-state index contributed by atoms with van der Waals surface area (Å²) in [5.74, 6) is 1.28. The van der Waals surface area contributed by atoms with Gasteiger partial charge in [0, 0.05) is 13.1 Å². The van der Waals surface area contributed by atoms with Gasteiger partial charge < -0.3 is 10.0 Å². The van der Waals surface area contributed by atoms with Crippen molar-refractivity contribution in [2.45, 2.75) is 56.9 Å². The Morgan fingerprint density at radius 3 is 2.40 bits per heavy atom. The van der Waals surface area contributed by atoms with Crippen LogP contribution in [0.1, 0.15) is 50.5 Å². The Balaban J connectivity index is 1.41. The summed E-state index contributed by atoms with van der Waals surface area (Å²) in [4.78, 5) is 18.1. The maximum atomic E-state index is 13.5. The molecule has 2 saturated heterocycles. The monoisotopic (exact) mass is 342 g/mol. The SMILES string of the molecule is O=C(N1CCC(Cc2ccc(O)cc2)C1)C1(N2CCCC2)CCCC1. The number of hydrogen-bond donors (Lipinski definition) is 1. The van der Waals surface area contributed by atoms with Crippen LogP contribution < -0.4 is 0 Å². The molecule has 4 heteroatoms. The molecular weight excluding hydrogens is 312 g/mol. The van der Waals surface area contributed by atoms with E-state index in [4.69, 9.17) is 0 Å². The Morgan fingerprint density at radius 2 is 1.72 bits per heavy atom. The molecule has 1 unspecified atom stereocenters. The zero-order chi connectivity index (χ0) is 17.3. The van der Waals surface area contributed by atoms with E-state index in [-0.39, 0.29) is 5.54 Å². The number of hydrogen-bond acceptors (Lipinski definition) is 3. The predicted molar refractivity (Wildman–Crippen MR) is 98.5 cm³/mol. The number of phenolic OH excluding ortho intramolecular Hbond substituents is 1. The van der Waals surface area contributed by atoms with Crippen LogP contribution in [0.4, 0.5) is 0 Å². The van der Waals surface area contributed by atoms with Crippen molar-refractivity contribution in [2.24, 2.45) is 5.92 Å². The van der Waals surface area contributed by atoms with Crippen LogP contribution in [0, 0.1) is 5.92 Å². The third-order valence-electron chi connectivity index (χ3n) is 6.57. The van der Waals surface area contributed by atoms with Gasteiger partial charge in [0.1, 0.15) is 11.3 Å². The third kappa shape index (κ3) is 3.29. The number of likely N-dealkylation sites (tertiary alicyclic amines) is 2. The molecule has 1 saturated carbocycles. The van der Waals surface area contributed by atoms with Gasteiger partial charge in [0.15, 0.2) is 0 Å². The Morgan fingerprint density at radius 1 is 1.04 bits per heavy atom. The molecule has 4 rings (SSSR count). The molecule has 136 valence electrons. The van der Waals surface area contributed by atoms with E-state index in [1.807, 2.05) is 12.1 Å². The summed E-state index contributed by atoms with van der Waals surface area (Å²) in [6.07, 6.45) is 9.12. The van der Waals surface area contributed by atoms with E-state index in [2.05, 4.69) is 9.80 Å². The van der Waals surface area contributed by atoms with Gasteiger partial charge in [-0.15, -0.1) is 0 Å². The van der Waals surface area contributed by atoms with Gasteiger partial charge in [-0.2, -0.15) is 0 Å². The Kier molecular flexibility index (Phi) is 4.72. The Labute approximate surface area is 150 Å². The standard InChI is InChI=1S/C21H30N2O2/c24-19-7-5-17(6-8-19)15-18-9-14-22(16-18)20(25)21(10-1-2-11-21)23-12-3-4-13-23/h5-8,18,24H,1-4,9-16H2. The quantitative estimate of drug-likeness (QED) is 0.914. The van der Waals surface area contributed by atoms with E-state index >= 15 is 0 Å². The second kappa shape index (κ2) is 6.99. The van der Waals surface area contributed by atoms with Gasteiger partial charge in [-0.25, -0.2) is 0 Å². The van der Waals surface area contributed by atoms with E-state index in [9.17, 15) is 9.90 Å².